The van der Waals surface area contributed by atoms with Crippen molar-refractivity contribution >= 4 is 28.8 Å². The molecule has 2 aromatic carbocycles. The van der Waals surface area contributed by atoms with Crippen LogP contribution in [0.3, 0.4) is 0 Å². The van der Waals surface area contributed by atoms with Gasteiger partial charge in [-0.15, -0.1) is 11.3 Å². The van der Waals surface area contributed by atoms with Gasteiger partial charge in [-0.2, -0.15) is 0 Å². The van der Waals surface area contributed by atoms with E-state index < -0.39 is 10.8 Å². The number of benzene rings is 2. The summed E-state index contributed by atoms with van der Waals surface area (Å²) in [6.45, 7) is 6.17. The highest BCUT2D eigenvalue weighted by Crippen LogP contribution is 2.21. The molecule has 7 nitrogen and oxygen atoms in total. The summed E-state index contributed by atoms with van der Waals surface area (Å²) in [5.74, 6) is -1.06. The summed E-state index contributed by atoms with van der Waals surface area (Å²) >= 11 is 1.55. The van der Waals surface area contributed by atoms with Crippen LogP contribution >= 0.6 is 11.3 Å². The van der Waals surface area contributed by atoms with Crippen molar-refractivity contribution in [2.45, 2.75) is 46.3 Å². The zero-order valence-corrected chi connectivity index (χ0v) is 20.8. The highest BCUT2D eigenvalue weighted by atomic mass is 32.1. The molecule has 1 atom stereocenters. The standard InChI is InChI=1S/C26H28FN3O4S/c1-4-19(3)29(26(32)21-6-5-7-23(14-21)30(33)34)17-25(31)28(16-24-18(2)12-13-35-24)15-20-8-10-22(27)11-9-20/h5-14,19H,4,15-17H2,1-3H3. The Labute approximate surface area is 207 Å². The first-order chi connectivity index (χ1) is 16.7. The van der Waals surface area contributed by atoms with Crippen molar-refractivity contribution in [1.29, 1.82) is 0 Å². The van der Waals surface area contributed by atoms with Gasteiger partial charge in [0.1, 0.15) is 12.4 Å². The topological polar surface area (TPSA) is 83.8 Å². The molecular weight excluding hydrogens is 469 g/mol. The Bertz CT molecular complexity index is 1200. The Hall–Kier alpha value is -3.59. The third-order valence-electron chi connectivity index (χ3n) is 5.94. The molecule has 0 N–H and O–H groups in total. The number of non-ortho nitro benzene ring substituents is 1. The second-order valence-corrected chi connectivity index (χ2v) is 9.40. The number of carbonyl (C=O) groups excluding carboxylic acids is 2. The number of thiophene rings is 1. The van der Waals surface area contributed by atoms with E-state index in [9.17, 15) is 24.1 Å². The highest BCUT2D eigenvalue weighted by molar-refractivity contribution is 7.10. The van der Waals surface area contributed by atoms with E-state index in [0.29, 0.717) is 13.0 Å². The quantitative estimate of drug-likeness (QED) is 0.271. The first-order valence-corrected chi connectivity index (χ1v) is 12.2. The molecule has 3 rings (SSSR count). The summed E-state index contributed by atoms with van der Waals surface area (Å²) < 4.78 is 13.4. The lowest BCUT2D eigenvalue weighted by atomic mass is 10.1. The zero-order chi connectivity index (χ0) is 25.5. The zero-order valence-electron chi connectivity index (χ0n) is 19.9. The first kappa shape index (κ1) is 26.0. The van der Waals surface area contributed by atoms with Gasteiger partial charge < -0.3 is 9.80 Å². The van der Waals surface area contributed by atoms with Crippen molar-refractivity contribution in [3.05, 3.63) is 97.5 Å². The molecule has 1 unspecified atom stereocenters. The molecule has 35 heavy (non-hydrogen) atoms. The Morgan fingerprint density at radius 1 is 1.11 bits per heavy atom. The smallest absolute Gasteiger partial charge is 0.270 e. The van der Waals surface area contributed by atoms with Crippen LogP contribution in [-0.4, -0.2) is 39.1 Å². The number of rotatable bonds is 10. The Morgan fingerprint density at radius 3 is 2.43 bits per heavy atom. The van der Waals surface area contributed by atoms with Crippen molar-refractivity contribution in [3.63, 3.8) is 0 Å². The summed E-state index contributed by atoms with van der Waals surface area (Å²) in [7, 11) is 0. The van der Waals surface area contributed by atoms with Gasteiger partial charge >= 0.3 is 0 Å². The highest BCUT2D eigenvalue weighted by Gasteiger charge is 2.27. The number of hydrogen-bond acceptors (Lipinski definition) is 5. The second-order valence-electron chi connectivity index (χ2n) is 8.40. The van der Waals surface area contributed by atoms with Gasteiger partial charge in [0.2, 0.25) is 5.91 Å². The fourth-order valence-electron chi connectivity index (χ4n) is 3.59. The molecule has 2 amide bonds. The number of nitro groups is 1. The first-order valence-electron chi connectivity index (χ1n) is 11.3. The van der Waals surface area contributed by atoms with Crippen LogP contribution in [0.1, 0.15) is 46.6 Å². The van der Waals surface area contributed by atoms with E-state index in [4.69, 9.17) is 0 Å². The Balaban J connectivity index is 1.87. The van der Waals surface area contributed by atoms with Crippen molar-refractivity contribution in [1.82, 2.24) is 9.80 Å². The summed E-state index contributed by atoms with van der Waals surface area (Å²) in [6.07, 6.45) is 0.607. The largest absolute Gasteiger partial charge is 0.332 e. The monoisotopic (exact) mass is 497 g/mol. The van der Waals surface area contributed by atoms with E-state index in [-0.39, 0.29) is 42.1 Å². The van der Waals surface area contributed by atoms with E-state index in [1.54, 1.807) is 28.4 Å². The summed E-state index contributed by atoms with van der Waals surface area (Å²) in [4.78, 5) is 41.6. The maximum atomic E-state index is 13.5. The fourth-order valence-corrected chi connectivity index (χ4v) is 4.51. The van der Waals surface area contributed by atoms with Crippen molar-refractivity contribution in [2.75, 3.05) is 6.54 Å². The Morgan fingerprint density at radius 2 is 1.83 bits per heavy atom. The van der Waals surface area contributed by atoms with E-state index in [2.05, 4.69) is 0 Å². The van der Waals surface area contributed by atoms with Crippen LogP contribution in [0.5, 0.6) is 0 Å². The summed E-state index contributed by atoms with van der Waals surface area (Å²) in [6, 6.07) is 13.2. The second kappa shape index (κ2) is 11.7. The van der Waals surface area contributed by atoms with E-state index >= 15 is 0 Å². The molecule has 0 spiro atoms. The maximum absolute atomic E-state index is 13.5. The molecule has 1 aromatic heterocycles. The SMILES string of the molecule is CCC(C)N(CC(=O)N(Cc1ccc(F)cc1)Cc1sccc1C)C(=O)c1cccc([N+](=O)[O-])c1. The van der Waals surface area contributed by atoms with E-state index in [1.807, 2.05) is 32.2 Å². The van der Waals surface area contributed by atoms with E-state index in [1.165, 1.54) is 41.3 Å². The molecule has 0 aliphatic rings. The molecule has 0 aliphatic carbocycles. The number of hydrogen-bond donors (Lipinski definition) is 0. The summed E-state index contributed by atoms with van der Waals surface area (Å²) in [5.41, 5.74) is 1.82. The van der Waals surface area contributed by atoms with Gasteiger partial charge in [0.15, 0.2) is 0 Å². The van der Waals surface area contributed by atoms with Crippen LogP contribution in [0.2, 0.25) is 0 Å². The predicted molar refractivity (Wildman–Crippen MR) is 134 cm³/mol. The van der Waals surface area contributed by atoms with Crippen LogP contribution in [0, 0.1) is 22.9 Å². The lowest BCUT2D eigenvalue weighted by Gasteiger charge is -2.31. The van der Waals surface area contributed by atoms with Crippen molar-refractivity contribution in [3.8, 4) is 0 Å². The maximum Gasteiger partial charge on any atom is 0.270 e. The predicted octanol–water partition coefficient (Wildman–Crippen LogP) is 5.57. The molecule has 0 aliphatic heterocycles. The van der Waals surface area contributed by atoms with Gasteiger partial charge in [-0.05, 0) is 61.0 Å². The van der Waals surface area contributed by atoms with Gasteiger partial charge in [-0.3, -0.25) is 19.7 Å². The van der Waals surface area contributed by atoms with Gasteiger partial charge in [0, 0.05) is 35.2 Å². The average Bonchev–Trinajstić information content (AvgIpc) is 3.26. The number of carbonyl (C=O) groups is 2. The number of nitro benzene ring substituents is 1. The van der Waals surface area contributed by atoms with Crippen LogP contribution in [0.15, 0.2) is 60.0 Å². The number of aryl methyl sites for hydroxylation is 1. The third kappa shape index (κ3) is 6.73. The van der Waals surface area contributed by atoms with Gasteiger partial charge in [0.05, 0.1) is 11.5 Å². The summed E-state index contributed by atoms with van der Waals surface area (Å²) in [5, 5.41) is 13.1. The molecule has 0 saturated heterocycles. The molecule has 0 fully saturated rings. The molecule has 3 aromatic rings. The molecule has 9 heteroatoms. The van der Waals surface area contributed by atoms with Crippen molar-refractivity contribution in [2.24, 2.45) is 0 Å². The van der Waals surface area contributed by atoms with Crippen LogP contribution in [0.4, 0.5) is 10.1 Å². The number of nitrogens with zero attached hydrogens (tertiary/aromatic N) is 3. The van der Waals surface area contributed by atoms with Crippen LogP contribution in [0.25, 0.3) is 0 Å². The van der Waals surface area contributed by atoms with E-state index in [0.717, 1.165) is 16.0 Å². The van der Waals surface area contributed by atoms with Crippen molar-refractivity contribution < 1.29 is 18.9 Å². The average molecular weight is 498 g/mol. The minimum atomic E-state index is -0.552. The van der Waals surface area contributed by atoms with Gasteiger partial charge in [-0.1, -0.05) is 25.1 Å². The normalized spacial score (nSPS) is 11.7. The minimum absolute atomic E-state index is 0.159. The van der Waals surface area contributed by atoms with Gasteiger partial charge in [0.25, 0.3) is 11.6 Å². The third-order valence-corrected chi connectivity index (χ3v) is 6.94. The van der Waals surface area contributed by atoms with Crippen LogP contribution < -0.4 is 0 Å². The molecule has 0 bridgehead atoms. The molecule has 184 valence electrons. The number of amides is 2. The molecule has 0 radical (unpaired) electrons. The molecule has 0 saturated carbocycles. The lowest BCUT2D eigenvalue weighted by Crippen LogP contribution is -2.46. The van der Waals surface area contributed by atoms with Crippen LogP contribution in [-0.2, 0) is 17.9 Å². The fraction of sp³-hybridized carbons (Fsp3) is 0.308. The Kier molecular flexibility index (Phi) is 8.70. The number of halogens is 1. The minimum Gasteiger partial charge on any atom is -0.332 e. The van der Waals surface area contributed by atoms with Gasteiger partial charge in [-0.25, -0.2) is 4.39 Å². The molecule has 1 heterocycles. The lowest BCUT2D eigenvalue weighted by molar-refractivity contribution is -0.384. The molecular formula is C26H28FN3O4S.